The number of hydrogen-bond acceptors (Lipinski definition) is 6. The lowest BCUT2D eigenvalue weighted by molar-refractivity contribution is -0.384. The first-order chi connectivity index (χ1) is 13.0. The number of nitrogens with zero attached hydrogens (tertiary/aromatic N) is 2. The molecule has 3 rings (SSSR count). The van der Waals surface area contributed by atoms with Gasteiger partial charge in [0.2, 0.25) is 0 Å². The molecule has 0 aliphatic rings. The van der Waals surface area contributed by atoms with Crippen molar-refractivity contribution in [3.8, 4) is 0 Å². The Balaban J connectivity index is 0.000000430. The van der Waals surface area contributed by atoms with Crippen LogP contribution < -0.4 is 5.73 Å². The number of thiazole rings is 1. The number of anilines is 1. The number of nitrogen functional groups attached to an aromatic ring is 1. The van der Waals surface area contributed by atoms with Crippen molar-refractivity contribution < 1.29 is 9.72 Å². The van der Waals surface area contributed by atoms with E-state index in [1.165, 1.54) is 35.6 Å². The van der Waals surface area contributed by atoms with Crippen LogP contribution in [-0.4, -0.2) is 15.7 Å². The van der Waals surface area contributed by atoms with Gasteiger partial charge in [-0.2, -0.15) is 0 Å². The Bertz CT molecular complexity index is 797. The topological polar surface area (TPSA) is 99.1 Å². The third kappa shape index (κ3) is 7.96. The molecule has 0 saturated carbocycles. The van der Waals surface area contributed by atoms with Crippen LogP contribution in [0.2, 0.25) is 0 Å². The molecule has 0 aliphatic carbocycles. The number of carbonyl (C=O) groups excluding carboxylic acids is 1. The Hall–Kier alpha value is -2.80. The van der Waals surface area contributed by atoms with Crippen LogP contribution in [0.1, 0.15) is 51.4 Å². The third-order valence-corrected chi connectivity index (χ3v) is 3.90. The molecule has 0 atom stereocenters. The smallest absolute Gasteiger partial charge is 0.269 e. The van der Waals surface area contributed by atoms with Crippen molar-refractivity contribution >= 4 is 38.2 Å². The molecular formula is C20H27N3O3S. The number of fused-ring (bicyclic) bond motifs is 1. The normalized spacial score (nSPS) is 8.93. The van der Waals surface area contributed by atoms with Gasteiger partial charge in [0.05, 0.1) is 15.1 Å². The zero-order chi connectivity index (χ0) is 20.8. The summed E-state index contributed by atoms with van der Waals surface area (Å²) in [5.41, 5.74) is 7.02. The van der Waals surface area contributed by atoms with Crippen LogP contribution in [0.4, 0.5) is 10.8 Å². The SMILES string of the molecule is CC.CC.CCC(=O)c1ccc([N+](=O)[O-])cc1.Nc1nc2ccccc2s1. The lowest BCUT2D eigenvalue weighted by Crippen LogP contribution is -1.96. The van der Waals surface area contributed by atoms with Crippen molar-refractivity contribution in [1.29, 1.82) is 0 Å². The van der Waals surface area contributed by atoms with E-state index in [1.807, 2.05) is 52.0 Å². The molecule has 27 heavy (non-hydrogen) atoms. The van der Waals surface area contributed by atoms with Gasteiger partial charge in [-0.25, -0.2) is 4.98 Å². The number of rotatable bonds is 3. The highest BCUT2D eigenvalue weighted by Crippen LogP contribution is 2.22. The maximum Gasteiger partial charge on any atom is 0.269 e. The molecule has 2 aromatic carbocycles. The lowest BCUT2D eigenvalue weighted by Gasteiger charge is -1.95. The van der Waals surface area contributed by atoms with Crippen LogP contribution in [0, 0.1) is 10.1 Å². The summed E-state index contributed by atoms with van der Waals surface area (Å²) in [5.74, 6) is -0.00472. The second-order valence-corrected chi connectivity index (χ2v) is 5.66. The zero-order valence-corrected chi connectivity index (χ0v) is 17.2. The van der Waals surface area contributed by atoms with Gasteiger partial charge in [-0.3, -0.25) is 14.9 Å². The summed E-state index contributed by atoms with van der Waals surface area (Å²) >= 11 is 1.52. The van der Waals surface area contributed by atoms with E-state index in [1.54, 1.807) is 6.92 Å². The molecule has 0 fully saturated rings. The summed E-state index contributed by atoms with van der Waals surface area (Å²) in [4.78, 5) is 25.0. The van der Waals surface area contributed by atoms with Crippen molar-refractivity contribution in [3.05, 3.63) is 64.2 Å². The number of nitro benzene ring substituents is 1. The van der Waals surface area contributed by atoms with Crippen molar-refractivity contribution in [1.82, 2.24) is 4.98 Å². The highest BCUT2D eigenvalue weighted by Gasteiger charge is 2.07. The maximum absolute atomic E-state index is 11.1. The number of Topliss-reactive ketones (excluding diaryl/α,β-unsaturated/α-hetero) is 1. The van der Waals surface area contributed by atoms with Gasteiger partial charge in [-0.1, -0.05) is 58.1 Å². The van der Waals surface area contributed by atoms with Crippen molar-refractivity contribution in [3.63, 3.8) is 0 Å². The first kappa shape index (κ1) is 24.2. The van der Waals surface area contributed by atoms with E-state index in [4.69, 9.17) is 5.73 Å². The predicted molar refractivity (Wildman–Crippen MR) is 114 cm³/mol. The fourth-order valence-corrected chi connectivity index (χ4v) is 2.60. The van der Waals surface area contributed by atoms with Crippen molar-refractivity contribution in [2.24, 2.45) is 0 Å². The Labute approximate surface area is 164 Å². The summed E-state index contributed by atoms with van der Waals surface area (Å²) in [7, 11) is 0. The summed E-state index contributed by atoms with van der Waals surface area (Å²) in [6, 6.07) is 13.5. The van der Waals surface area contributed by atoms with Gasteiger partial charge >= 0.3 is 0 Å². The molecule has 146 valence electrons. The average molecular weight is 390 g/mol. The molecule has 1 aromatic heterocycles. The van der Waals surface area contributed by atoms with Crippen molar-refractivity contribution in [2.75, 3.05) is 5.73 Å². The molecule has 0 bridgehead atoms. The number of nitro groups is 1. The molecule has 0 aliphatic heterocycles. The van der Waals surface area contributed by atoms with Gasteiger partial charge in [0.1, 0.15) is 0 Å². The Morgan fingerprint density at radius 1 is 1.07 bits per heavy atom. The molecule has 6 nitrogen and oxygen atoms in total. The first-order valence-corrected chi connectivity index (χ1v) is 9.71. The first-order valence-electron chi connectivity index (χ1n) is 8.90. The van der Waals surface area contributed by atoms with E-state index in [-0.39, 0.29) is 11.5 Å². The van der Waals surface area contributed by atoms with Crippen LogP contribution in [0.25, 0.3) is 10.2 Å². The van der Waals surface area contributed by atoms with Gasteiger partial charge in [-0.05, 0) is 24.3 Å². The van der Waals surface area contributed by atoms with E-state index in [2.05, 4.69) is 4.98 Å². The van der Waals surface area contributed by atoms with E-state index >= 15 is 0 Å². The Morgan fingerprint density at radius 3 is 2.11 bits per heavy atom. The number of carbonyl (C=O) groups is 1. The molecule has 0 spiro atoms. The molecule has 0 amide bonds. The number of para-hydroxylation sites is 1. The van der Waals surface area contributed by atoms with E-state index in [0.29, 0.717) is 17.1 Å². The van der Waals surface area contributed by atoms with Crippen LogP contribution in [0.5, 0.6) is 0 Å². The Morgan fingerprint density at radius 2 is 1.63 bits per heavy atom. The monoisotopic (exact) mass is 389 g/mol. The van der Waals surface area contributed by atoms with Gasteiger partial charge in [0.25, 0.3) is 5.69 Å². The number of nitrogens with two attached hydrogens (primary N) is 1. The standard InChI is InChI=1S/C9H9NO3.C7H6N2S.2C2H6/c1-2-9(11)7-3-5-8(6-4-7)10(12)13;8-7-9-5-3-1-2-4-6(5)10-7;2*1-2/h3-6H,2H2,1H3;1-4H,(H2,8,9);2*1-2H3. The van der Waals surface area contributed by atoms with E-state index in [0.717, 1.165) is 10.2 Å². The average Bonchev–Trinajstić information content (AvgIpc) is 3.11. The minimum absolute atomic E-state index is 0.00472. The van der Waals surface area contributed by atoms with E-state index < -0.39 is 4.92 Å². The minimum Gasteiger partial charge on any atom is -0.375 e. The van der Waals surface area contributed by atoms with E-state index in [9.17, 15) is 14.9 Å². The number of non-ortho nitro benzene ring substituents is 1. The molecule has 3 aromatic rings. The summed E-state index contributed by atoms with van der Waals surface area (Å²) in [5, 5.41) is 10.9. The second-order valence-electron chi connectivity index (χ2n) is 4.60. The van der Waals surface area contributed by atoms with Crippen LogP contribution in [0.15, 0.2) is 48.5 Å². The summed E-state index contributed by atoms with van der Waals surface area (Å²) in [6.45, 7) is 9.75. The quantitative estimate of drug-likeness (QED) is 0.330. The third-order valence-electron chi connectivity index (χ3n) is 3.03. The van der Waals surface area contributed by atoms with Crippen LogP contribution >= 0.6 is 11.3 Å². The lowest BCUT2D eigenvalue weighted by atomic mass is 10.1. The fraction of sp³-hybridized carbons (Fsp3) is 0.300. The number of aromatic nitrogens is 1. The molecule has 7 heteroatoms. The van der Waals surface area contributed by atoms with Crippen LogP contribution in [-0.2, 0) is 0 Å². The second kappa shape index (κ2) is 13.4. The Kier molecular flexibility index (Phi) is 12.0. The molecular weight excluding hydrogens is 362 g/mol. The minimum atomic E-state index is -0.486. The van der Waals surface area contributed by atoms with Gasteiger partial charge in [0.15, 0.2) is 10.9 Å². The highest BCUT2D eigenvalue weighted by atomic mass is 32.1. The molecule has 0 radical (unpaired) electrons. The van der Waals surface area contributed by atoms with Gasteiger partial charge in [0, 0.05) is 24.1 Å². The largest absolute Gasteiger partial charge is 0.375 e. The number of benzene rings is 2. The molecule has 0 saturated heterocycles. The fourth-order valence-electron chi connectivity index (χ4n) is 1.86. The van der Waals surface area contributed by atoms with Crippen molar-refractivity contribution in [2.45, 2.75) is 41.0 Å². The summed E-state index contributed by atoms with van der Waals surface area (Å²) in [6.07, 6.45) is 0.414. The maximum atomic E-state index is 11.1. The molecule has 0 unspecified atom stereocenters. The van der Waals surface area contributed by atoms with Gasteiger partial charge in [-0.15, -0.1) is 0 Å². The van der Waals surface area contributed by atoms with Gasteiger partial charge < -0.3 is 5.73 Å². The summed E-state index contributed by atoms with van der Waals surface area (Å²) < 4.78 is 1.15. The molecule has 1 heterocycles. The predicted octanol–water partition coefficient (Wildman–Crippen LogP) is 6.12. The number of ketones is 1. The van der Waals surface area contributed by atoms with Crippen LogP contribution in [0.3, 0.4) is 0 Å². The molecule has 2 N–H and O–H groups in total. The number of hydrogen-bond donors (Lipinski definition) is 1. The zero-order valence-electron chi connectivity index (χ0n) is 16.4. The highest BCUT2D eigenvalue weighted by molar-refractivity contribution is 7.22.